The Morgan fingerprint density at radius 2 is 2.00 bits per heavy atom. The highest BCUT2D eigenvalue weighted by molar-refractivity contribution is 5.86. The number of nitrogens with one attached hydrogen (secondary N) is 3. The van der Waals surface area contributed by atoms with Crippen LogP contribution in [0.5, 0.6) is 5.75 Å². The van der Waals surface area contributed by atoms with Crippen LogP contribution in [0.2, 0.25) is 0 Å². The van der Waals surface area contributed by atoms with Crippen LogP contribution < -0.4 is 20.7 Å². The van der Waals surface area contributed by atoms with Crippen molar-refractivity contribution in [1.82, 2.24) is 16.0 Å². The molecule has 6 nitrogen and oxygen atoms in total. The lowest BCUT2D eigenvalue weighted by atomic mass is 10.2. The van der Waals surface area contributed by atoms with Gasteiger partial charge in [-0.15, -0.1) is 0 Å². The molecule has 0 spiro atoms. The number of aliphatic imine (C=N–C) groups is 1. The number of ether oxygens (including phenoxy) is 1. The summed E-state index contributed by atoms with van der Waals surface area (Å²) < 4.78 is 5.29. The summed E-state index contributed by atoms with van der Waals surface area (Å²) in [6, 6.07) is 7.76. The number of para-hydroxylation sites is 1. The number of rotatable bonds is 7. The molecule has 0 bridgehead atoms. The first kappa shape index (κ1) is 16.8. The molecule has 1 aromatic carbocycles. The van der Waals surface area contributed by atoms with Crippen LogP contribution in [0.1, 0.15) is 18.9 Å². The molecule has 1 aromatic rings. The minimum absolute atomic E-state index is 0.0444. The van der Waals surface area contributed by atoms with Gasteiger partial charge in [-0.2, -0.15) is 0 Å². The van der Waals surface area contributed by atoms with Gasteiger partial charge in [-0.25, -0.2) is 0 Å². The highest BCUT2D eigenvalue weighted by Gasteiger charge is 2.05. The van der Waals surface area contributed by atoms with Crippen LogP contribution in [0.15, 0.2) is 29.3 Å². The molecule has 1 amide bonds. The van der Waals surface area contributed by atoms with Crippen molar-refractivity contribution in [3.63, 3.8) is 0 Å². The third-order valence-corrected chi connectivity index (χ3v) is 2.85. The predicted molar refractivity (Wildman–Crippen MR) is 84.5 cm³/mol. The van der Waals surface area contributed by atoms with Crippen molar-refractivity contribution in [3.05, 3.63) is 29.8 Å². The number of guanidine groups is 1. The van der Waals surface area contributed by atoms with E-state index < -0.39 is 0 Å². The molecule has 0 saturated heterocycles. The molecule has 0 fully saturated rings. The number of benzene rings is 1. The zero-order valence-electron chi connectivity index (χ0n) is 12.9. The molecule has 3 N–H and O–H groups in total. The fourth-order valence-electron chi connectivity index (χ4n) is 1.74. The predicted octanol–water partition coefficient (Wildman–Crippen LogP) is 0.886. The molecule has 0 heterocycles. The topological polar surface area (TPSA) is 74.8 Å². The second-order valence-electron chi connectivity index (χ2n) is 4.44. The van der Waals surface area contributed by atoms with Crippen LogP contribution >= 0.6 is 0 Å². The molecule has 0 radical (unpaired) electrons. The lowest BCUT2D eigenvalue weighted by molar-refractivity contribution is -0.120. The summed E-state index contributed by atoms with van der Waals surface area (Å²) in [7, 11) is 3.31. The van der Waals surface area contributed by atoms with Gasteiger partial charge in [0.2, 0.25) is 5.91 Å². The maximum Gasteiger partial charge on any atom is 0.239 e. The summed E-state index contributed by atoms with van der Waals surface area (Å²) in [4.78, 5) is 15.6. The van der Waals surface area contributed by atoms with Gasteiger partial charge in [-0.1, -0.05) is 25.1 Å². The first-order valence-corrected chi connectivity index (χ1v) is 7.04. The van der Waals surface area contributed by atoms with Gasteiger partial charge < -0.3 is 20.7 Å². The van der Waals surface area contributed by atoms with Gasteiger partial charge in [0.15, 0.2) is 5.96 Å². The molecule has 21 heavy (non-hydrogen) atoms. The zero-order chi connectivity index (χ0) is 15.5. The molecule has 0 saturated carbocycles. The molecule has 0 unspecified atom stereocenters. The normalized spacial score (nSPS) is 10.9. The van der Waals surface area contributed by atoms with E-state index in [0.29, 0.717) is 19.0 Å². The van der Waals surface area contributed by atoms with Crippen LogP contribution in [0, 0.1) is 0 Å². The fraction of sp³-hybridized carbons (Fsp3) is 0.467. The average molecular weight is 292 g/mol. The van der Waals surface area contributed by atoms with Crippen molar-refractivity contribution < 1.29 is 9.53 Å². The third-order valence-electron chi connectivity index (χ3n) is 2.85. The Kier molecular flexibility index (Phi) is 7.71. The van der Waals surface area contributed by atoms with Gasteiger partial charge in [-0.05, 0) is 12.5 Å². The first-order chi connectivity index (χ1) is 10.2. The number of hydrogen-bond donors (Lipinski definition) is 3. The van der Waals surface area contributed by atoms with Crippen LogP contribution in [0.3, 0.4) is 0 Å². The van der Waals surface area contributed by atoms with E-state index in [2.05, 4.69) is 20.9 Å². The largest absolute Gasteiger partial charge is 0.496 e. The molecule has 0 aliphatic rings. The van der Waals surface area contributed by atoms with E-state index in [4.69, 9.17) is 4.74 Å². The summed E-state index contributed by atoms with van der Waals surface area (Å²) in [6.45, 7) is 3.47. The van der Waals surface area contributed by atoms with Gasteiger partial charge in [0.1, 0.15) is 5.75 Å². The highest BCUT2D eigenvalue weighted by atomic mass is 16.5. The quantitative estimate of drug-likeness (QED) is 0.515. The highest BCUT2D eigenvalue weighted by Crippen LogP contribution is 2.16. The molecule has 0 atom stereocenters. The third kappa shape index (κ3) is 6.16. The van der Waals surface area contributed by atoms with Crippen LogP contribution in [-0.4, -0.2) is 39.1 Å². The number of carbonyl (C=O) groups is 1. The van der Waals surface area contributed by atoms with Gasteiger partial charge in [0.05, 0.1) is 13.7 Å². The maximum atomic E-state index is 11.5. The molecule has 0 aromatic heterocycles. The molecule has 1 rings (SSSR count). The zero-order valence-corrected chi connectivity index (χ0v) is 12.9. The summed E-state index contributed by atoms with van der Waals surface area (Å²) >= 11 is 0. The summed E-state index contributed by atoms with van der Waals surface area (Å²) in [5.74, 6) is 1.35. The second-order valence-corrected chi connectivity index (χ2v) is 4.44. The SMILES string of the molecule is CCCNC(=O)CNC(=NC)NCc1ccccc1OC. The van der Waals surface area contributed by atoms with Gasteiger partial charge >= 0.3 is 0 Å². The number of nitrogens with zero attached hydrogens (tertiary/aromatic N) is 1. The van der Waals surface area contributed by atoms with Crippen LogP contribution in [0.4, 0.5) is 0 Å². The van der Waals surface area contributed by atoms with Gasteiger partial charge in [-0.3, -0.25) is 9.79 Å². The minimum Gasteiger partial charge on any atom is -0.496 e. The Morgan fingerprint density at radius 1 is 1.24 bits per heavy atom. The van der Waals surface area contributed by atoms with Crippen molar-refractivity contribution in [3.8, 4) is 5.75 Å². The monoisotopic (exact) mass is 292 g/mol. The van der Waals surface area contributed by atoms with E-state index in [1.54, 1.807) is 14.2 Å². The van der Waals surface area contributed by atoms with Crippen LogP contribution in [0.25, 0.3) is 0 Å². The molecular formula is C15H24N4O2. The smallest absolute Gasteiger partial charge is 0.239 e. The molecule has 0 aliphatic heterocycles. The number of hydrogen-bond acceptors (Lipinski definition) is 3. The molecule has 6 heteroatoms. The lowest BCUT2D eigenvalue weighted by Gasteiger charge is -2.13. The van der Waals surface area contributed by atoms with Crippen molar-refractivity contribution in [1.29, 1.82) is 0 Å². The minimum atomic E-state index is -0.0444. The number of methoxy groups -OCH3 is 1. The Bertz CT molecular complexity index is 474. The van der Waals surface area contributed by atoms with Gasteiger partial charge in [0, 0.05) is 25.7 Å². The lowest BCUT2D eigenvalue weighted by Crippen LogP contribution is -2.43. The Labute approximate surface area is 126 Å². The second kappa shape index (κ2) is 9.63. The van der Waals surface area contributed by atoms with Crippen molar-refractivity contribution in [2.24, 2.45) is 4.99 Å². The van der Waals surface area contributed by atoms with E-state index in [1.165, 1.54) is 0 Å². The first-order valence-electron chi connectivity index (χ1n) is 7.04. The Balaban J connectivity index is 2.43. The van der Waals surface area contributed by atoms with E-state index in [1.807, 2.05) is 31.2 Å². The number of amides is 1. The summed E-state index contributed by atoms with van der Waals surface area (Å²) in [6.07, 6.45) is 0.923. The standard InChI is InChI=1S/C15H24N4O2/c1-4-9-17-14(20)11-19-15(16-2)18-10-12-7-5-6-8-13(12)21-3/h5-8H,4,9-11H2,1-3H3,(H,17,20)(H2,16,18,19). The van der Waals surface area contributed by atoms with Crippen molar-refractivity contribution in [2.75, 3.05) is 27.2 Å². The Hall–Kier alpha value is -2.24. The van der Waals surface area contributed by atoms with Gasteiger partial charge in [0.25, 0.3) is 0 Å². The van der Waals surface area contributed by atoms with Crippen molar-refractivity contribution >= 4 is 11.9 Å². The number of carbonyl (C=O) groups excluding carboxylic acids is 1. The molecular weight excluding hydrogens is 268 g/mol. The van der Waals surface area contributed by atoms with Crippen molar-refractivity contribution in [2.45, 2.75) is 19.9 Å². The maximum absolute atomic E-state index is 11.5. The van der Waals surface area contributed by atoms with E-state index in [0.717, 1.165) is 17.7 Å². The summed E-state index contributed by atoms with van der Waals surface area (Å²) in [5, 5.41) is 8.92. The Morgan fingerprint density at radius 3 is 2.67 bits per heavy atom. The summed E-state index contributed by atoms with van der Waals surface area (Å²) in [5.41, 5.74) is 1.03. The van der Waals surface area contributed by atoms with E-state index >= 15 is 0 Å². The van der Waals surface area contributed by atoms with E-state index in [9.17, 15) is 4.79 Å². The fourth-order valence-corrected chi connectivity index (χ4v) is 1.74. The molecule has 116 valence electrons. The van der Waals surface area contributed by atoms with Crippen LogP contribution in [-0.2, 0) is 11.3 Å². The van der Waals surface area contributed by atoms with E-state index in [-0.39, 0.29) is 12.5 Å². The molecule has 0 aliphatic carbocycles. The average Bonchev–Trinajstić information content (AvgIpc) is 2.53.